The summed E-state index contributed by atoms with van der Waals surface area (Å²) in [5.74, 6) is -1.29. The zero-order valence-electron chi connectivity index (χ0n) is 20.6. The Hall–Kier alpha value is -3.20. The Bertz CT molecular complexity index is 1060. The fraction of sp³-hybridized carbons (Fsp3) is 0.500. The van der Waals surface area contributed by atoms with E-state index in [4.69, 9.17) is 16.3 Å². The summed E-state index contributed by atoms with van der Waals surface area (Å²) in [5.41, 5.74) is -1.22. The third kappa shape index (κ3) is 6.94. The van der Waals surface area contributed by atoms with Gasteiger partial charge in [0.15, 0.2) is 0 Å². The summed E-state index contributed by atoms with van der Waals surface area (Å²) in [6, 6.07) is 10.4. The highest BCUT2D eigenvalue weighted by atomic mass is 35.5. The van der Waals surface area contributed by atoms with Gasteiger partial charge in [-0.1, -0.05) is 56.5 Å². The van der Waals surface area contributed by atoms with Crippen LogP contribution in [0.4, 0.5) is 4.79 Å². The van der Waals surface area contributed by atoms with Crippen LogP contribution in [0.2, 0.25) is 5.28 Å². The normalized spacial score (nSPS) is 16.6. The Morgan fingerprint density at radius 1 is 1.22 bits per heavy atom. The van der Waals surface area contributed by atoms with E-state index in [0.29, 0.717) is 12.3 Å². The Morgan fingerprint density at radius 2 is 1.94 bits per heavy atom. The van der Waals surface area contributed by atoms with Crippen LogP contribution in [-0.4, -0.2) is 45.0 Å². The van der Waals surface area contributed by atoms with Crippen molar-refractivity contribution in [3.8, 4) is 5.88 Å². The van der Waals surface area contributed by atoms with Crippen molar-refractivity contribution in [2.24, 2.45) is 5.41 Å². The lowest BCUT2D eigenvalue weighted by molar-refractivity contribution is -0.144. The number of benzene rings is 1. The van der Waals surface area contributed by atoms with E-state index in [2.05, 4.69) is 20.6 Å². The first-order valence-corrected chi connectivity index (χ1v) is 12.6. The van der Waals surface area contributed by atoms with Gasteiger partial charge in [0.2, 0.25) is 16.9 Å². The zero-order chi connectivity index (χ0) is 26.2. The number of rotatable bonds is 13. The van der Waals surface area contributed by atoms with Crippen molar-refractivity contribution in [3.63, 3.8) is 0 Å². The lowest BCUT2D eigenvalue weighted by Crippen LogP contribution is -2.62. The Balaban J connectivity index is 1.84. The number of hydrogen-bond acceptors (Lipinski definition) is 6. The molecule has 1 aromatic carbocycles. The lowest BCUT2D eigenvalue weighted by Gasteiger charge is -2.47. The van der Waals surface area contributed by atoms with Gasteiger partial charge in [0.1, 0.15) is 5.54 Å². The van der Waals surface area contributed by atoms with Gasteiger partial charge in [-0.05, 0) is 49.8 Å². The SMILES string of the molecule is CCCCC(CC1(COc2ccnc(Cl)n2)CCC1)(NC(=O)O)C(=O)C(=O)N[C@H](C)c1ccccc1. The van der Waals surface area contributed by atoms with Crippen molar-refractivity contribution in [2.75, 3.05) is 6.61 Å². The number of ketones is 1. The van der Waals surface area contributed by atoms with E-state index in [0.717, 1.165) is 31.2 Å². The van der Waals surface area contributed by atoms with Gasteiger partial charge in [0, 0.05) is 17.7 Å². The number of Topliss-reactive ketones (excluding diaryl/α,β-unsaturated/α-hetero) is 1. The van der Waals surface area contributed by atoms with E-state index in [1.54, 1.807) is 13.0 Å². The second-order valence-corrected chi connectivity index (χ2v) is 9.87. The average molecular weight is 517 g/mol. The van der Waals surface area contributed by atoms with E-state index in [9.17, 15) is 19.5 Å². The molecule has 36 heavy (non-hydrogen) atoms. The molecule has 2 aromatic rings. The quantitative estimate of drug-likeness (QED) is 0.259. The van der Waals surface area contributed by atoms with Crippen LogP contribution in [0.5, 0.6) is 5.88 Å². The monoisotopic (exact) mass is 516 g/mol. The smallest absolute Gasteiger partial charge is 0.405 e. The van der Waals surface area contributed by atoms with Gasteiger partial charge in [0.25, 0.3) is 5.91 Å². The number of amides is 2. The Labute approximate surface area is 216 Å². The number of ether oxygens (including phenoxy) is 1. The number of halogens is 1. The number of carbonyl (C=O) groups is 3. The first-order chi connectivity index (χ1) is 17.2. The standard InChI is InChI=1S/C26H33ClN4O5/c1-3-4-14-26(31-24(34)35,21(32)22(33)29-18(2)19-9-6-5-7-10-19)16-25(12-8-13-25)17-36-20-11-15-28-23(27)30-20/h5-7,9-11,15,18,31H,3-4,8,12-14,16-17H2,1-2H3,(H,29,33)(H,34,35)/t18-,26?/m1/s1. The van der Waals surface area contributed by atoms with Gasteiger partial charge in [0.05, 0.1) is 12.6 Å². The van der Waals surface area contributed by atoms with E-state index >= 15 is 0 Å². The largest absolute Gasteiger partial charge is 0.477 e. The predicted molar refractivity (Wildman–Crippen MR) is 135 cm³/mol. The average Bonchev–Trinajstić information content (AvgIpc) is 2.83. The molecule has 0 radical (unpaired) electrons. The topological polar surface area (TPSA) is 131 Å². The second-order valence-electron chi connectivity index (χ2n) is 9.53. The van der Waals surface area contributed by atoms with E-state index in [1.807, 2.05) is 37.3 Å². The van der Waals surface area contributed by atoms with Gasteiger partial charge < -0.3 is 20.5 Å². The van der Waals surface area contributed by atoms with Gasteiger partial charge >= 0.3 is 6.09 Å². The maximum atomic E-state index is 13.7. The molecule has 2 amide bonds. The fourth-order valence-electron chi connectivity index (χ4n) is 4.75. The summed E-state index contributed by atoms with van der Waals surface area (Å²) in [7, 11) is 0. The molecule has 1 heterocycles. The molecule has 10 heteroatoms. The van der Waals surface area contributed by atoms with Crippen LogP contribution in [0.25, 0.3) is 0 Å². The molecule has 194 valence electrons. The Morgan fingerprint density at radius 3 is 2.53 bits per heavy atom. The highest BCUT2D eigenvalue weighted by Gasteiger charge is 2.51. The molecule has 2 atom stereocenters. The first kappa shape index (κ1) is 27.4. The molecule has 1 unspecified atom stereocenters. The third-order valence-electron chi connectivity index (χ3n) is 6.81. The predicted octanol–water partition coefficient (Wildman–Crippen LogP) is 4.71. The first-order valence-electron chi connectivity index (χ1n) is 12.2. The lowest BCUT2D eigenvalue weighted by atomic mass is 9.61. The molecule has 0 spiro atoms. The van der Waals surface area contributed by atoms with Crippen molar-refractivity contribution in [1.29, 1.82) is 0 Å². The van der Waals surface area contributed by atoms with Crippen molar-refractivity contribution in [1.82, 2.24) is 20.6 Å². The number of carbonyl (C=O) groups excluding carboxylic acids is 2. The minimum Gasteiger partial charge on any atom is -0.477 e. The molecule has 9 nitrogen and oxygen atoms in total. The number of unbranched alkanes of at least 4 members (excludes halogenated alkanes) is 1. The van der Waals surface area contributed by atoms with Gasteiger partial charge in [-0.3, -0.25) is 9.59 Å². The molecule has 1 saturated carbocycles. The van der Waals surface area contributed by atoms with Gasteiger partial charge in [-0.25, -0.2) is 9.78 Å². The van der Waals surface area contributed by atoms with Gasteiger partial charge in [-0.15, -0.1) is 0 Å². The van der Waals surface area contributed by atoms with Crippen LogP contribution in [0.3, 0.4) is 0 Å². The van der Waals surface area contributed by atoms with Crippen molar-refractivity contribution >= 4 is 29.4 Å². The highest BCUT2D eigenvalue weighted by molar-refractivity contribution is 6.40. The van der Waals surface area contributed by atoms with Crippen molar-refractivity contribution in [2.45, 2.75) is 70.4 Å². The fourth-order valence-corrected chi connectivity index (χ4v) is 4.89. The van der Waals surface area contributed by atoms with Crippen molar-refractivity contribution < 1.29 is 24.2 Å². The summed E-state index contributed by atoms with van der Waals surface area (Å²) in [4.78, 5) is 46.7. The molecule has 3 N–H and O–H groups in total. The van der Waals surface area contributed by atoms with Crippen LogP contribution in [0.1, 0.15) is 70.4 Å². The molecule has 0 bridgehead atoms. The Kier molecular flexibility index (Phi) is 9.25. The molecule has 0 aliphatic heterocycles. The number of hydrogen-bond donors (Lipinski definition) is 3. The number of carboxylic acid groups (broad SMARTS) is 1. The number of aromatic nitrogens is 2. The summed E-state index contributed by atoms with van der Waals surface area (Å²) in [5, 5.41) is 15.0. The van der Waals surface area contributed by atoms with Gasteiger partial charge in [-0.2, -0.15) is 4.98 Å². The molecule has 3 rings (SSSR count). The van der Waals surface area contributed by atoms with Crippen LogP contribution in [0.15, 0.2) is 42.6 Å². The van der Waals surface area contributed by atoms with Crippen molar-refractivity contribution in [3.05, 3.63) is 53.4 Å². The van der Waals surface area contributed by atoms with E-state index < -0.39 is 34.8 Å². The van der Waals surface area contributed by atoms with E-state index in [-0.39, 0.29) is 24.7 Å². The van der Waals surface area contributed by atoms with E-state index in [1.165, 1.54) is 6.20 Å². The molecule has 1 fully saturated rings. The summed E-state index contributed by atoms with van der Waals surface area (Å²) in [6.07, 6.45) is 4.19. The zero-order valence-corrected chi connectivity index (χ0v) is 21.4. The maximum Gasteiger partial charge on any atom is 0.405 e. The second kappa shape index (κ2) is 12.2. The van der Waals surface area contributed by atoms with Crippen LogP contribution >= 0.6 is 11.6 Å². The third-order valence-corrected chi connectivity index (χ3v) is 6.99. The molecule has 1 aliphatic carbocycles. The minimum absolute atomic E-state index is 0.0550. The number of nitrogens with one attached hydrogen (secondary N) is 2. The van der Waals surface area contributed by atoms with Crippen LogP contribution in [-0.2, 0) is 9.59 Å². The molecule has 1 aliphatic rings. The van der Waals surface area contributed by atoms with Crippen LogP contribution < -0.4 is 15.4 Å². The molecular weight excluding hydrogens is 484 g/mol. The molecule has 1 aromatic heterocycles. The minimum atomic E-state index is -1.57. The maximum absolute atomic E-state index is 13.7. The number of nitrogens with zero attached hydrogens (tertiary/aromatic N) is 2. The summed E-state index contributed by atoms with van der Waals surface area (Å²) in [6.45, 7) is 3.95. The summed E-state index contributed by atoms with van der Waals surface area (Å²) >= 11 is 5.86. The van der Waals surface area contributed by atoms with Crippen LogP contribution in [0, 0.1) is 5.41 Å². The molecule has 0 saturated heterocycles. The molecular formula is C26H33ClN4O5. The summed E-state index contributed by atoms with van der Waals surface area (Å²) < 4.78 is 5.89. The highest BCUT2D eigenvalue weighted by Crippen LogP contribution is 2.48.